The van der Waals surface area contributed by atoms with Gasteiger partial charge in [-0.1, -0.05) is 35.9 Å². The van der Waals surface area contributed by atoms with Crippen LogP contribution in [-0.4, -0.2) is 21.6 Å². The molecule has 35 heavy (non-hydrogen) atoms. The first-order valence-electron chi connectivity index (χ1n) is 10.3. The Hall–Kier alpha value is -4.54. The third-order valence-electron chi connectivity index (χ3n) is 4.86. The van der Waals surface area contributed by atoms with E-state index in [0.29, 0.717) is 16.2 Å². The lowest BCUT2D eigenvalue weighted by Crippen LogP contribution is -2.42. The van der Waals surface area contributed by atoms with Crippen LogP contribution in [0.25, 0.3) is 5.69 Å². The first-order valence-corrected chi connectivity index (χ1v) is 10.3. The Balaban J connectivity index is 1.42. The molecular formula is C24H19F3N4O4. The molecular weight excluding hydrogens is 465 g/mol. The number of halogens is 3. The predicted octanol–water partition coefficient (Wildman–Crippen LogP) is 4.45. The molecule has 0 spiro atoms. The highest BCUT2D eigenvalue weighted by Crippen LogP contribution is 2.33. The minimum atomic E-state index is -4.88. The maximum Gasteiger partial charge on any atom is 0.434 e. The van der Waals surface area contributed by atoms with Crippen molar-refractivity contribution in [1.82, 2.24) is 20.6 Å². The number of rotatable bonds is 6. The third-order valence-corrected chi connectivity index (χ3v) is 4.86. The zero-order valence-corrected chi connectivity index (χ0v) is 18.3. The molecule has 2 heterocycles. The summed E-state index contributed by atoms with van der Waals surface area (Å²) in [5.41, 5.74) is 2.96. The van der Waals surface area contributed by atoms with Crippen molar-refractivity contribution in [3.8, 4) is 11.4 Å². The molecule has 0 atom stereocenters. The van der Waals surface area contributed by atoms with Gasteiger partial charge in [0, 0.05) is 0 Å². The smallest absolute Gasteiger partial charge is 0.434 e. The van der Waals surface area contributed by atoms with Crippen LogP contribution in [0.3, 0.4) is 0 Å². The fourth-order valence-corrected chi connectivity index (χ4v) is 3.16. The van der Waals surface area contributed by atoms with Crippen LogP contribution in [0, 0.1) is 6.92 Å². The van der Waals surface area contributed by atoms with Gasteiger partial charge in [-0.25, -0.2) is 4.68 Å². The Bertz CT molecular complexity index is 1330. The van der Waals surface area contributed by atoms with E-state index < -0.39 is 29.2 Å². The number of para-hydroxylation sites is 1. The van der Waals surface area contributed by atoms with Crippen LogP contribution in [0.5, 0.6) is 5.75 Å². The molecule has 2 aromatic carbocycles. The molecule has 4 aromatic rings. The standard InChI is InChI=1S/C24H19F3N4O4/c1-15-7-9-16(10-8-15)31-21(24(25,26)27)19(13-28-31)22(32)29-30-23(33)20-12-11-18(35-20)14-34-17-5-3-2-4-6-17/h2-13H,14H2,1H3,(H,29,32)(H,30,33). The van der Waals surface area contributed by atoms with Crippen molar-refractivity contribution in [1.29, 1.82) is 0 Å². The van der Waals surface area contributed by atoms with E-state index in [4.69, 9.17) is 9.15 Å². The van der Waals surface area contributed by atoms with Gasteiger partial charge in [0.1, 0.15) is 18.1 Å². The Morgan fingerprint density at radius 1 is 0.971 bits per heavy atom. The highest BCUT2D eigenvalue weighted by atomic mass is 19.4. The minimum absolute atomic E-state index is 0.0524. The van der Waals surface area contributed by atoms with E-state index in [2.05, 4.69) is 5.10 Å². The number of carbonyl (C=O) groups is 2. The Morgan fingerprint density at radius 3 is 2.34 bits per heavy atom. The summed E-state index contributed by atoms with van der Waals surface area (Å²) in [5.74, 6) is -1.27. The van der Waals surface area contributed by atoms with Gasteiger partial charge in [-0.2, -0.15) is 18.3 Å². The van der Waals surface area contributed by atoms with Crippen LogP contribution in [0.15, 0.2) is 77.3 Å². The molecule has 180 valence electrons. The van der Waals surface area contributed by atoms with E-state index in [1.807, 2.05) is 16.9 Å². The van der Waals surface area contributed by atoms with Crippen molar-refractivity contribution in [3.63, 3.8) is 0 Å². The number of hydrogen-bond donors (Lipinski definition) is 2. The van der Waals surface area contributed by atoms with Gasteiger partial charge in [0.05, 0.1) is 17.4 Å². The molecule has 2 amide bonds. The zero-order chi connectivity index (χ0) is 25.0. The van der Waals surface area contributed by atoms with Crippen molar-refractivity contribution in [3.05, 3.63) is 101 Å². The van der Waals surface area contributed by atoms with E-state index in [1.165, 1.54) is 24.3 Å². The van der Waals surface area contributed by atoms with Crippen LogP contribution in [0.4, 0.5) is 13.2 Å². The fourth-order valence-electron chi connectivity index (χ4n) is 3.16. The predicted molar refractivity (Wildman–Crippen MR) is 118 cm³/mol. The van der Waals surface area contributed by atoms with Gasteiger partial charge < -0.3 is 9.15 Å². The molecule has 0 aliphatic heterocycles. The average Bonchev–Trinajstić information content (AvgIpc) is 3.50. The van der Waals surface area contributed by atoms with Gasteiger partial charge in [-0.3, -0.25) is 20.4 Å². The van der Waals surface area contributed by atoms with E-state index >= 15 is 0 Å². The molecule has 11 heteroatoms. The summed E-state index contributed by atoms with van der Waals surface area (Å²) in [6.45, 7) is 1.84. The van der Waals surface area contributed by atoms with Gasteiger partial charge in [0.25, 0.3) is 5.91 Å². The lowest BCUT2D eigenvalue weighted by atomic mass is 10.2. The van der Waals surface area contributed by atoms with Gasteiger partial charge >= 0.3 is 12.1 Å². The molecule has 0 saturated carbocycles. The van der Waals surface area contributed by atoms with E-state index in [-0.39, 0.29) is 18.1 Å². The van der Waals surface area contributed by atoms with Crippen molar-refractivity contribution >= 4 is 11.8 Å². The highest BCUT2D eigenvalue weighted by Gasteiger charge is 2.40. The van der Waals surface area contributed by atoms with Gasteiger partial charge in [-0.05, 0) is 43.3 Å². The molecule has 2 N–H and O–H groups in total. The topological polar surface area (TPSA) is 98.4 Å². The molecule has 0 bridgehead atoms. The summed E-state index contributed by atoms with van der Waals surface area (Å²) >= 11 is 0. The molecule has 0 radical (unpaired) electrons. The molecule has 4 rings (SSSR count). The number of amides is 2. The fraction of sp³-hybridized carbons (Fsp3) is 0.125. The number of hydrazine groups is 1. The normalized spacial score (nSPS) is 11.2. The quantitative estimate of drug-likeness (QED) is 0.394. The monoisotopic (exact) mass is 484 g/mol. The van der Waals surface area contributed by atoms with Crippen molar-refractivity contribution in [2.75, 3.05) is 0 Å². The van der Waals surface area contributed by atoms with E-state index in [1.54, 1.807) is 43.3 Å². The summed E-state index contributed by atoms with van der Waals surface area (Å²) in [4.78, 5) is 24.8. The summed E-state index contributed by atoms with van der Waals surface area (Å²) < 4.78 is 52.8. The number of aryl methyl sites for hydroxylation is 1. The summed E-state index contributed by atoms with van der Waals surface area (Å²) in [7, 11) is 0. The number of furan rings is 1. The van der Waals surface area contributed by atoms with Gasteiger partial charge in [0.2, 0.25) is 0 Å². The number of nitrogens with one attached hydrogen (secondary N) is 2. The number of nitrogens with zero attached hydrogens (tertiary/aromatic N) is 2. The number of hydrogen-bond acceptors (Lipinski definition) is 5. The molecule has 0 aliphatic rings. The second-order valence-corrected chi connectivity index (χ2v) is 7.43. The van der Waals surface area contributed by atoms with Crippen LogP contribution < -0.4 is 15.6 Å². The molecule has 0 saturated heterocycles. The molecule has 0 fully saturated rings. The maximum atomic E-state index is 13.8. The number of ether oxygens (including phenoxy) is 1. The Kier molecular flexibility index (Phi) is 6.58. The number of benzene rings is 2. The number of alkyl halides is 3. The lowest BCUT2D eigenvalue weighted by Gasteiger charge is -2.13. The molecule has 0 unspecified atom stereocenters. The number of carbonyl (C=O) groups excluding carboxylic acids is 2. The lowest BCUT2D eigenvalue weighted by molar-refractivity contribution is -0.143. The van der Waals surface area contributed by atoms with E-state index in [9.17, 15) is 22.8 Å². The highest BCUT2D eigenvalue weighted by molar-refractivity contribution is 5.98. The van der Waals surface area contributed by atoms with Gasteiger partial charge in [-0.15, -0.1) is 0 Å². The SMILES string of the molecule is Cc1ccc(-n2ncc(C(=O)NNC(=O)c3ccc(COc4ccccc4)o3)c2C(F)(F)F)cc1. The van der Waals surface area contributed by atoms with E-state index in [0.717, 1.165) is 11.8 Å². The Labute approximate surface area is 197 Å². The zero-order valence-electron chi connectivity index (χ0n) is 18.3. The van der Waals surface area contributed by atoms with Crippen LogP contribution in [0.2, 0.25) is 0 Å². The van der Waals surface area contributed by atoms with Crippen molar-refractivity contribution in [2.24, 2.45) is 0 Å². The van der Waals surface area contributed by atoms with Gasteiger partial charge in [0.15, 0.2) is 11.5 Å². The second kappa shape index (κ2) is 9.75. The van der Waals surface area contributed by atoms with Crippen molar-refractivity contribution in [2.45, 2.75) is 19.7 Å². The second-order valence-electron chi connectivity index (χ2n) is 7.43. The molecule has 8 nitrogen and oxygen atoms in total. The summed E-state index contributed by atoms with van der Waals surface area (Å²) in [6.07, 6.45) is -4.09. The van der Waals surface area contributed by atoms with Crippen LogP contribution in [0.1, 0.15) is 37.9 Å². The third kappa shape index (κ3) is 5.52. The first-order chi connectivity index (χ1) is 16.7. The Morgan fingerprint density at radius 2 is 1.66 bits per heavy atom. The van der Waals surface area contributed by atoms with Crippen LogP contribution >= 0.6 is 0 Å². The first kappa shape index (κ1) is 23.6. The largest absolute Gasteiger partial charge is 0.486 e. The average molecular weight is 484 g/mol. The summed E-state index contributed by atoms with van der Waals surface area (Å²) in [5, 5.41) is 3.73. The molecule has 2 aromatic heterocycles. The minimum Gasteiger partial charge on any atom is -0.486 e. The van der Waals surface area contributed by atoms with Crippen LogP contribution in [-0.2, 0) is 12.8 Å². The number of aromatic nitrogens is 2. The van der Waals surface area contributed by atoms with Crippen molar-refractivity contribution < 1.29 is 31.9 Å². The molecule has 0 aliphatic carbocycles. The summed E-state index contributed by atoms with van der Waals surface area (Å²) in [6, 6.07) is 18.0. The maximum absolute atomic E-state index is 13.8.